The number of nitrogens with two attached hydrogens (primary N) is 1. The molecule has 2 rings (SSSR count). The SMILES string of the molecule is Fc1ccc(Br)c(F)c1.NNC(=O)OCc1ccccc1. The first-order chi connectivity index (χ1) is 10.0. The van der Waals surface area contributed by atoms with Crippen LogP contribution in [0.1, 0.15) is 5.56 Å². The van der Waals surface area contributed by atoms with Crippen molar-refractivity contribution in [2.75, 3.05) is 0 Å². The van der Waals surface area contributed by atoms with Gasteiger partial charge in [-0.05, 0) is 33.6 Å². The number of hydrogen-bond donors (Lipinski definition) is 2. The number of hydrazine groups is 1. The Kier molecular flexibility index (Phi) is 7.34. The number of carbonyl (C=O) groups is 1. The van der Waals surface area contributed by atoms with E-state index in [2.05, 4.69) is 15.9 Å². The van der Waals surface area contributed by atoms with E-state index >= 15 is 0 Å². The summed E-state index contributed by atoms with van der Waals surface area (Å²) in [4.78, 5) is 10.5. The van der Waals surface area contributed by atoms with Gasteiger partial charge in [0, 0.05) is 6.07 Å². The molecule has 0 bridgehead atoms. The van der Waals surface area contributed by atoms with E-state index in [1.54, 1.807) is 0 Å². The molecule has 2 aromatic rings. The summed E-state index contributed by atoms with van der Waals surface area (Å²) >= 11 is 2.89. The van der Waals surface area contributed by atoms with Gasteiger partial charge in [0.05, 0.1) is 4.47 Å². The lowest BCUT2D eigenvalue weighted by Gasteiger charge is -2.02. The summed E-state index contributed by atoms with van der Waals surface area (Å²) in [5, 5.41) is 0. The highest BCUT2D eigenvalue weighted by Gasteiger charge is 1.98. The van der Waals surface area contributed by atoms with Crippen LogP contribution in [0, 0.1) is 11.6 Å². The van der Waals surface area contributed by atoms with Gasteiger partial charge >= 0.3 is 6.09 Å². The molecular weight excluding hydrogens is 346 g/mol. The van der Waals surface area contributed by atoms with E-state index in [1.165, 1.54) is 12.1 Å². The third kappa shape index (κ3) is 6.82. The van der Waals surface area contributed by atoms with Gasteiger partial charge in [0.25, 0.3) is 0 Å². The zero-order chi connectivity index (χ0) is 15.7. The molecule has 112 valence electrons. The van der Waals surface area contributed by atoms with E-state index < -0.39 is 17.7 Å². The predicted octanol–water partition coefficient (Wildman–Crippen LogP) is 3.51. The molecule has 0 fully saturated rings. The van der Waals surface area contributed by atoms with E-state index in [9.17, 15) is 13.6 Å². The van der Waals surface area contributed by atoms with Crippen LogP contribution in [-0.2, 0) is 11.3 Å². The second kappa shape index (κ2) is 9.04. The molecule has 0 radical (unpaired) electrons. The van der Waals surface area contributed by atoms with Crippen molar-refractivity contribution in [2.24, 2.45) is 5.84 Å². The molecular formula is C14H13BrF2N2O2. The van der Waals surface area contributed by atoms with Crippen molar-refractivity contribution in [3.63, 3.8) is 0 Å². The first-order valence-electron chi connectivity index (χ1n) is 5.80. The van der Waals surface area contributed by atoms with Gasteiger partial charge in [0.2, 0.25) is 0 Å². The Bertz CT molecular complexity index is 582. The first kappa shape index (κ1) is 17.1. The Morgan fingerprint density at radius 1 is 1.19 bits per heavy atom. The average Bonchev–Trinajstić information content (AvgIpc) is 2.50. The van der Waals surface area contributed by atoms with Gasteiger partial charge in [-0.1, -0.05) is 30.3 Å². The third-order valence-corrected chi connectivity index (χ3v) is 2.86. The normalized spacial score (nSPS) is 9.33. The maximum absolute atomic E-state index is 12.3. The minimum atomic E-state index is -0.626. The van der Waals surface area contributed by atoms with Crippen molar-refractivity contribution in [1.82, 2.24) is 5.43 Å². The van der Waals surface area contributed by atoms with Crippen molar-refractivity contribution in [3.05, 3.63) is 70.2 Å². The fourth-order valence-corrected chi connectivity index (χ4v) is 1.48. The number of nitrogens with one attached hydrogen (secondary N) is 1. The zero-order valence-corrected chi connectivity index (χ0v) is 12.4. The monoisotopic (exact) mass is 358 g/mol. The average molecular weight is 359 g/mol. The quantitative estimate of drug-likeness (QED) is 0.373. The maximum atomic E-state index is 12.3. The van der Waals surface area contributed by atoms with Crippen LogP contribution in [0.15, 0.2) is 53.0 Å². The molecule has 0 spiro atoms. The third-order valence-electron chi connectivity index (χ3n) is 2.21. The highest BCUT2D eigenvalue weighted by Crippen LogP contribution is 2.14. The Morgan fingerprint density at radius 3 is 2.38 bits per heavy atom. The van der Waals surface area contributed by atoms with Crippen LogP contribution < -0.4 is 11.3 Å². The van der Waals surface area contributed by atoms with Gasteiger partial charge in [-0.25, -0.2) is 19.4 Å². The second-order valence-electron chi connectivity index (χ2n) is 3.76. The van der Waals surface area contributed by atoms with Gasteiger partial charge in [-0.3, -0.25) is 5.43 Å². The van der Waals surface area contributed by atoms with E-state index in [-0.39, 0.29) is 11.1 Å². The van der Waals surface area contributed by atoms with Crippen LogP contribution in [0.5, 0.6) is 0 Å². The number of carbonyl (C=O) groups excluding carboxylic acids is 1. The number of ether oxygens (including phenoxy) is 1. The summed E-state index contributed by atoms with van der Waals surface area (Å²) in [6.45, 7) is 0.240. The second-order valence-corrected chi connectivity index (χ2v) is 4.62. The predicted molar refractivity (Wildman–Crippen MR) is 78.0 cm³/mol. The Morgan fingerprint density at radius 2 is 1.86 bits per heavy atom. The molecule has 0 aromatic heterocycles. The van der Waals surface area contributed by atoms with E-state index in [0.717, 1.165) is 11.6 Å². The lowest BCUT2D eigenvalue weighted by Crippen LogP contribution is -2.30. The summed E-state index contributed by atoms with van der Waals surface area (Å²) in [7, 11) is 0. The minimum Gasteiger partial charge on any atom is -0.444 e. The highest BCUT2D eigenvalue weighted by atomic mass is 79.9. The number of amides is 1. The largest absolute Gasteiger partial charge is 0.444 e. The van der Waals surface area contributed by atoms with Crippen LogP contribution in [0.25, 0.3) is 0 Å². The number of halogens is 3. The van der Waals surface area contributed by atoms with Gasteiger partial charge in [0.1, 0.15) is 18.2 Å². The van der Waals surface area contributed by atoms with Crippen molar-refractivity contribution in [2.45, 2.75) is 6.61 Å². The van der Waals surface area contributed by atoms with E-state index in [4.69, 9.17) is 10.6 Å². The Labute approximate surface area is 129 Å². The molecule has 0 saturated carbocycles. The van der Waals surface area contributed by atoms with Crippen LogP contribution in [-0.4, -0.2) is 6.09 Å². The summed E-state index contributed by atoms with van der Waals surface area (Å²) in [5.74, 6) is 3.68. The van der Waals surface area contributed by atoms with Gasteiger partial charge in [-0.15, -0.1) is 0 Å². The molecule has 7 heteroatoms. The number of rotatable bonds is 2. The minimum absolute atomic E-state index is 0.240. The molecule has 3 N–H and O–H groups in total. The molecule has 4 nitrogen and oxygen atoms in total. The lowest BCUT2D eigenvalue weighted by atomic mass is 10.2. The van der Waals surface area contributed by atoms with E-state index in [1.807, 2.05) is 35.8 Å². The molecule has 0 atom stereocenters. The van der Waals surface area contributed by atoms with E-state index in [0.29, 0.717) is 0 Å². The molecule has 0 heterocycles. The highest BCUT2D eigenvalue weighted by molar-refractivity contribution is 9.10. The van der Waals surface area contributed by atoms with Crippen LogP contribution in [0.3, 0.4) is 0 Å². The maximum Gasteiger partial charge on any atom is 0.421 e. The number of benzene rings is 2. The van der Waals surface area contributed by atoms with Crippen molar-refractivity contribution in [1.29, 1.82) is 0 Å². The smallest absolute Gasteiger partial charge is 0.421 e. The zero-order valence-electron chi connectivity index (χ0n) is 10.9. The standard InChI is InChI=1S/C8H10N2O2.C6H3BrF2/c9-10-8(11)12-6-7-4-2-1-3-5-7;7-5-2-1-4(8)3-6(5)9/h1-5H,6,9H2,(H,10,11);1-3H. The molecule has 0 saturated heterocycles. The van der Waals surface area contributed by atoms with Crippen molar-refractivity contribution >= 4 is 22.0 Å². The van der Waals surface area contributed by atoms with Gasteiger partial charge in [0.15, 0.2) is 0 Å². The molecule has 0 aliphatic rings. The van der Waals surface area contributed by atoms with Crippen molar-refractivity contribution < 1.29 is 18.3 Å². The van der Waals surface area contributed by atoms with Crippen LogP contribution in [0.4, 0.5) is 13.6 Å². The molecule has 1 amide bonds. The number of hydrogen-bond acceptors (Lipinski definition) is 3. The molecule has 21 heavy (non-hydrogen) atoms. The van der Waals surface area contributed by atoms with Crippen LogP contribution >= 0.6 is 15.9 Å². The Balaban J connectivity index is 0.000000219. The summed E-state index contributed by atoms with van der Waals surface area (Å²) < 4.78 is 29.4. The topological polar surface area (TPSA) is 64.3 Å². The molecule has 0 aliphatic carbocycles. The van der Waals surface area contributed by atoms with Gasteiger partial charge in [-0.2, -0.15) is 0 Å². The Hall–Kier alpha value is -1.99. The molecule has 2 aromatic carbocycles. The van der Waals surface area contributed by atoms with Gasteiger partial charge < -0.3 is 4.74 Å². The summed E-state index contributed by atoms with van der Waals surface area (Å²) in [6.07, 6.45) is -0.626. The van der Waals surface area contributed by atoms with Crippen molar-refractivity contribution in [3.8, 4) is 0 Å². The molecule has 0 unspecified atom stereocenters. The first-order valence-corrected chi connectivity index (χ1v) is 6.60. The fourth-order valence-electron chi connectivity index (χ4n) is 1.24. The molecule has 0 aliphatic heterocycles. The summed E-state index contributed by atoms with van der Waals surface area (Å²) in [5.41, 5.74) is 2.81. The van der Waals surface area contributed by atoms with Crippen LogP contribution in [0.2, 0.25) is 0 Å². The summed E-state index contributed by atoms with van der Waals surface area (Å²) in [6, 6.07) is 12.7. The lowest BCUT2D eigenvalue weighted by molar-refractivity contribution is 0.140. The fraction of sp³-hybridized carbons (Fsp3) is 0.0714.